The Bertz CT molecular complexity index is 923. The van der Waals surface area contributed by atoms with Gasteiger partial charge in [0.1, 0.15) is 12.4 Å². The number of hydrogen-bond acceptors (Lipinski definition) is 6. The van der Waals surface area contributed by atoms with Gasteiger partial charge < -0.3 is 5.32 Å². The Morgan fingerprint density at radius 3 is 3.00 bits per heavy atom. The summed E-state index contributed by atoms with van der Waals surface area (Å²) in [5.74, 6) is -0.228. The molecular weight excluding hydrogens is 410 g/mol. The number of aryl methyl sites for hydroxylation is 1. The van der Waals surface area contributed by atoms with Crippen LogP contribution < -0.4 is 5.32 Å². The quantitative estimate of drug-likeness (QED) is 0.482. The fourth-order valence-electron chi connectivity index (χ4n) is 2.08. The molecule has 3 aromatic rings. The molecule has 0 radical (unpaired) electrons. The smallest absolute Gasteiger partial charge is 0.302 e. The predicted molar refractivity (Wildman–Crippen MR) is 97.4 cm³/mol. The standard InChI is InChI=1S/C15H12BrN5O3S/c16-11-3-1-2-10(6-11)13-9-25-15(18-13)19-14(22)4-5-20-8-12(7-17-20)21(23)24/h1-3,6-9H,4-5H2,(H,18,19,22). The van der Waals surface area contributed by atoms with Crippen LogP contribution in [0.5, 0.6) is 0 Å². The molecule has 1 aromatic carbocycles. The maximum Gasteiger partial charge on any atom is 0.306 e. The summed E-state index contributed by atoms with van der Waals surface area (Å²) in [7, 11) is 0. The van der Waals surface area contributed by atoms with Crippen molar-refractivity contribution in [3.63, 3.8) is 0 Å². The van der Waals surface area contributed by atoms with Crippen LogP contribution in [0.4, 0.5) is 10.8 Å². The maximum atomic E-state index is 12.0. The van der Waals surface area contributed by atoms with Crippen LogP contribution in [0.1, 0.15) is 6.42 Å². The van der Waals surface area contributed by atoms with E-state index in [0.29, 0.717) is 5.13 Å². The minimum atomic E-state index is -0.525. The first kappa shape index (κ1) is 17.2. The number of nitrogens with zero attached hydrogens (tertiary/aromatic N) is 4. The fraction of sp³-hybridized carbons (Fsp3) is 0.133. The molecule has 1 amide bonds. The summed E-state index contributed by atoms with van der Waals surface area (Å²) in [4.78, 5) is 26.5. The molecule has 10 heteroatoms. The molecule has 0 saturated carbocycles. The van der Waals surface area contributed by atoms with Crippen molar-refractivity contribution in [3.05, 3.63) is 56.6 Å². The lowest BCUT2D eigenvalue weighted by Gasteiger charge is -2.02. The van der Waals surface area contributed by atoms with Gasteiger partial charge >= 0.3 is 5.69 Å². The molecule has 3 rings (SSSR count). The van der Waals surface area contributed by atoms with Gasteiger partial charge in [-0.15, -0.1) is 11.3 Å². The van der Waals surface area contributed by atoms with Crippen molar-refractivity contribution >= 4 is 44.0 Å². The number of rotatable bonds is 6. The van der Waals surface area contributed by atoms with E-state index in [-0.39, 0.29) is 24.6 Å². The van der Waals surface area contributed by atoms with E-state index in [9.17, 15) is 14.9 Å². The Labute approximate surface area is 154 Å². The van der Waals surface area contributed by atoms with Crippen LogP contribution in [0.3, 0.4) is 0 Å². The molecular formula is C15H12BrN5O3S. The second-order valence-electron chi connectivity index (χ2n) is 5.07. The van der Waals surface area contributed by atoms with Crippen molar-refractivity contribution in [2.24, 2.45) is 0 Å². The van der Waals surface area contributed by atoms with Crippen molar-refractivity contribution in [2.45, 2.75) is 13.0 Å². The number of thiazole rings is 1. The van der Waals surface area contributed by atoms with Gasteiger partial charge in [-0.3, -0.25) is 19.6 Å². The molecule has 0 saturated heterocycles. The van der Waals surface area contributed by atoms with Crippen LogP contribution in [0, 0.1) is 10.1 Å². The van der Waals surface area contributed by atoms with Crippen LogP contribution in [-0.4, -0.2) is 25.6 Å². The van der Waals surface area contributed by atoms with Crippen LogP contribution >= 0.6 is 27.3 Å². The summed E-state index contributed by atoms with van der Waals surface area (Å²) in [6, 6.07) is 7.74. The first-order valence-electron chi connectivity index (χ1n) is 7.19. The van der Waals surface area contributed by atoms with Crippen molar-refractivity contribution < 1.29 is 9.72 Å². The van der Waals surface area contributed by atoms with Gasteiger partial charge in [-0.1, -0.05) is 28.1 Å². The monoisotopic (exact) mass is 421 g/mol. The predicted octanol–water partition coefficient (Wildman–Crippen LogP) is 3.71. The van der Waals surface area contributed by atoms with Gasteiger partial charge in [-0.05, 0) is 12.1 Å². The Hall–Kier alpha value is -2.59. The van der Waals surface area contributed by atoms with E-state index in [2.05, 4.69) is 31.3 Å². The third-order valence-corrected chi connectivity index (χ3v) is 4.52. The third-order valence-electron chi connectivity index (χ3n) is 3.27. The van der Waals surface area contributed by atoms with Crippen LogP contribution in [0.15, 0.2) is 46.5 Å². The lowest BCUT2D eigenvalue weighted by molar-refractivity contribution is -0.385. The number of halogens is 1. The molecule has 25 heavy (non-hydrogen) atoms. The topological polar surface area (TPSA) is 103 Å². The number of carbonyl (C=O) groups excluding carboxylic acids is 1. The molecule has 8 nitrogen and oxygen atoms in total. The summed E-state index contributed by atoms with van der Waals surface area (Å²) in [5, 5.41) is 19.5. The number of hydrogen-bond donors (Lipinski definition) is 1. The Morgan fingerprint density at radius 1 is 1.44 bits per heavy atom. The second kappa shape index (κ2) is 7.53. The summed E-state index contributed by atoms with van der Waals surface area (Å²) >= 11 is 4.75. The van der Waals surface area contributed by atoms with Crippen molar-refractivity contribution in [1.82, 2.24) is 14.8 Å². The zero-order valence-electron chi connectivity index (χ0n) is 12.8. The van der Waals surface area contributed by atoms with Gasteiger partial charge in [0.2, 0.25) is 5.91 Å². The lowest BCUT2D eigenvalue weighted by Crippen LogP contribution is -2.14. The van der Waals surface area contributed by atoms with Crippen molar-refractivity contribution in [1.29, 1.82) is 0 Å². The van der Waals surface area contributed by atoms with Gasteiger partial charge in [0.05, 0.1) is 10.6 Å². The average molecular weight is 422 g/mol. The van der Waals surface area contributed by atoms with E-state index in [1.807, 2.05) is 29.6 Å². The van der Waals surface area contributed by atoms with Crippen molar-refractivity contribution in [2.75, 3.05) is 5.32 Å². The first-order chi connectivity index (χ1) is 12.0. The lowest BCUT2D eigenvalue weighted by atomic mass is 10.2. The first-order valence-corrected chi connectivity index (χ1v) is 8.87. The summed E-state index contributed by atoms with van der Waals surface area (Å²) < 4.78 is 2.32. The minimum absolute atomic E-state index is 0.0982. The molecule has 0 atom stereocenters. The number of carbonyl (C=O) groups is 1. The third kappa shape index (κ3) is 4.48. The fourth-order valence-corrected chi connectivity index (χ4v) is 3.21. The minimum Gasteiger partial charge on any atom is -0.302 e. The van der Waals surface area contributed by atoms with Crippen LogP contribution in [-0.2, 0) is 11.3 Å². The highest BCUT2D eigenvalue weighted by Crippen LogP contribution is 2.26. The van der Waals surface area contributed by atoms with Crippen molar-refractivity contribution in [3.8, 4) is 11.3 Å². The molecule has 0 unspecified atom stereocenters. The number of nitrogens with one attached hydrogen (secondary N) is 1. The molecule has 2 aromatic heterocycles. The van der Waals surface area contributed by atoms with E-state index in [1.165, 1.54) is 22.2 Å². The highest BCUT2D eigenvalue weighted by Gasteiger charge is 2.11. The largest absolute Gasteiger partial charge is 0.306 e. The maximum absolute atomic E-state index is 12.0. The SMILES string of the molecule is O=C(CCn1cc([N+](=O)[O-])cn1)Nc1nc(-c2cccc(Br)c2)cs1. The van der Waals surface area contributed by atoms with Crippen LogP contribution in [0.2, 0.25) is 0 Å². The molecule has 0 bridgehead atoms. The van der Waals surface area contributed by atoms with E-state index < -0.39 is 4.92 Å². The van der Waals surface area contributed by atoms with E-state index >= 15 is 0 Å². The number of benzene rings is 1. The number of aromatic nitrogens is 3. The summed E-state index contributed by atoms with van der Waals surface area (Å²) in [6.45, 7) is 0.254. The van der Waals surface area contributed by atoms with Gasteiger partial charge in [-0.2, -0.15) is 5.10 Å². The average Bonchev–Trinajstić information content (AvgIpc) is 3.22. The summed E-state index contributed by atoms with van der Waals surface area (Å²) in [5.41, 5.74) is 1.64. The Kier molecular flexibility index (Phi) is 5.19. The van der Waals surface area contributed by atoms with E-state index in [1.54, 1.807) is 0 Å². The highest BCUT2D eigenvalue weighted by atomic mass is 79.9. The van der Waals surface area contributed by atoms with Crippen LogP contribution in [0.25, 0.3) is 11.3 Å². The number of nitro groups is 1. The normalized spacial score (nSPS) is 10.6. The Balaban J connectivity index is 1.57. The number of anilines is 1. The molecule has 0 fully saturated rings. The van der Waals surface area contributed by atoms with Gasteiger partial charge in [0.15, 0.2) is 5.13 Å². The van der Waals surface area contributed by atoms with Gasteiger partial charge in [0.25, 0.3) is 0 Å². The van der Waals surface area contributed by atoms with E-state index in [0.717, 1.165) is 21.9 Å². The molecule has 2 heterocycles. The highest BCUT2D eigenvalue weighted by molar-refractivity contribution is 9.10. The molecule has 0 aliphatic heterocycles. The molecule has 0 aliphatic rings. The van der Waals surface area contributed by atoms with Gasteiger partial charge in [0, 0.05) is 28.4 Å². The zero-order chi connectivity index (χ0) is 17.8. The van der Waals surface area contributed by atoms with E-state index in [4.69, 9.17) is 0 Å². The van der Waals surface area contributed by atoms with Gasteiger partial charge in [-0.25, -0.2) is 4.98 Å². The summed E-state index contributed by atoms with van der Waals surface area (Å²) in [6.07, 6.45) is 2.59. The molecule has 0 aliphatic carbocycles. The number of amides is 1. The molecule has 0 spiro atoms. The zero-order valence-corrected chi connectivity index (χ0v) is 15.2. The Morgan fingerprint density at radius 2 is 2.28 bits per heavy atom. The molecule has 1 N–H and O–H groups in total. The molecule has 128 valence electrons. The second-order valence-corrected chi connectivity index (χ2v) is 6.84.